The van der Waals surface area contributed by atoms with Crippen LogP contribution in [0.4, 0.5) is 8.78 Å². The third-order valence-corrected chi connectivity index (χ3v) is 6.18. The first kappa shape index (κ1) is 22.1. The summed E-state index contributed by atoms with van der Waals surface area (Å²) in [6, 6.07) is 3.32. The lowest BCUT2D eigenvalue weighted by molar-refractivity contribution is -0.205. The molecule has 11 nitrogen and oxygen atoms in total. The average molecular weight is 483 g/mol. The van der Waals surface area contributed by atoms with Gasteiger partial charge >= 0.3 is 13.5 Å². The number of nitrogens with one attached hydrogen (secondary N) is 1. The molecule has 3 heterocycles. The highest BCUT2D eigenvalue weighted by molar-refractivity contribution is 7.49. The van der Waals surface area contributed by atoms with Crippen LogP contribution in [0.5, 0.6) is 5.75 Å². The van der Waals surface area contributed by atoms with E-state index in [9.17, 15) is 28.8 Å². The van der Waals surface area contributed by atoms with Crippen LogP contribution in [0.1, 0.15) is 11.8 Å². The van der Waals surface area contributed by atoms with Gasteiger partial charge in [-0.25, -0.2) is 18.1 Å². The van der Waals surface area contributed by atoms with E-state index in [1.165, 1.54) is 6.07 Å². The van der Waals surface area contributed by atoms with Crippen LogP contribution in [-0.4, -0.2) is 44.4 Å². The van der Waals surface area contributed by atoms with E-state index in [0.29, 0.717) is 4.57 Å². The molecule has 0 amide bonds. The smallest absolute Gasteiger partial charge is 0.404 e. The lowest BCUT2D eigenvalue weighted by Crippen LogP contribution is -2.43. The van der Waals surface area contributed by atoms with E-state index >= 15 is 4.39 Å². The number of phosphoric ester groups is 1. The summed E-state index contributed by atoms with van der Waals surface area (Å²) in [6.07, 6.45) is -5.26. The number of aromatic nitrogens is 2. The van der Waals surface area contributed by atoms with Crippen molar-refractivity contribution in [3.63, 3.8) is 0 Å². The third-order valence-electron chi connectivity index (χ3n) is 4.60. The lowest BCUT2D eigenvalue weighted by Gasteiger charge is -2.28. The Labute approximate surface area is 176 Å². The number of halogens is 3. The molecule has 31 heavy (non-hydrogen) atoms. The quantitative estimate of drug-likeness (QED) is 0.542. The van der Waals surface area contributed by atoms with Gasteiger partial charge in [-0.2, -0.15) is 0 Å². The maximum Gasteiger partial charge on any atom is 0.530 e. The monoisotopic (exact) mass is 482 g/mol. The first-order valence-electron chi connectivity index (χ1n) is 8.62. The molecule has 2 aliphatic heterocycles. The average Bonchev–Trinajstić information content (AvgIpc) is 2.94. The van der Waals surface area contributed by atoms with Crippen LogP contribution in [0.3, 0.4) is 0 Å². The molecular formula is C16H14ClF2N2O9P. The van der Waals surface area contributed by atoms with E-state index in [1.54, 1.807) is 0 Å². The molecule has 15 heteroatoms. The number of H-pyrrole nitrogens is 1. The van der Waals surface area contributed by atoms with Gasteiger partial charge in [-0.1, -0.05) is 11.6 Å². The summed E-state index contributed by atoms with van der Waals surface area (Å²) in [5, 5.41) is 19.8. The summed E-state index contributed by atoms with van der Waals surface area (Å²) < 4.78 is 61.5. The van der Waals surface area contributed by atoms with Crippen LogP contribution in [-0.2, 0) is 25.0 Å². The van der Waals surface area contributed by atoms with Crippen LogP contribution in [0, 0.1) is 5.82 Å². The maximum absolute atomic E-state index is 15.2. The van der Waals surface area contributed by atoms with Crippen molar-refractivity contribution in [3.8, 4) is 5.75 Å². The van der Waals surface area contributed by atoms with E-state index in [0.717, 1.165) is 18.3 Å². The van der Waals surface area contributed by atoms with Gasteiger partial charge < -0.3 is 19.5 Å². The normalized spacial score (nSPS) is 32.5. The van der Waals surface area contributed by atoms with Crippen molar-refractivity contribution in [1.29, 1.82) is 0 Å². The van der Waals surface area contributed by atoms with Gasteiger partial charge in [0.15, 0.2) is 6.23 Å². The fraction of sp³-hybridized carbons (Fsp3) is 0.375. The van der Waals surface area contributed by atoms with Gasteiger partial charge in [0.05, 0.1) is 6.61 Å². The van der Waals surface area contributed by atoms with Crippen molar-refractivity contribution in [1.82, 2.24) is 9.55 Å². The summed E-state index contributed by atoms with van der Waals surface area (Å²) in [5.74, 6) is -3.74. The molecule has 0 aliphatic carbocycles. The SMILES string of the molecule is O=c1[nH]c(=O)n([C@@H]2O[C@](F)(COP3(=O)OCc4cc(F)ccc4O3)[C@@H](O)[C@H]2O)cc1Cl. The van der Waals surface area contributed by atoms with Gasteiger partial charge in [0.25, 0.3) is 11.4 Å². The van der Waals surface area contributed by atoms with E-state index < -0.39 is 60.8 Å². The number of aliphatic hydroxyl groups excluding tert-OH is 2. The van der Waals surface area contributed by atoms with Crippen LogP contribution in [0.15, 0.2) is 34.0 Å². The summed E-state index contributed by atoms with van der Waals surface area (Å²) in [4.78, 5) is 25.2. The number of phosphoric acid groups is 1. The second kappa shape index (κ2) is 7.78. The molecule has 2 aliphatic rings. The maximum atomic E-state index is 15.2. The van der Waals surface area contributed by atoms with E-state index in [4.69, 9.17) is 29.9 Å². The minimum absolute atomic E-state index is 0.0101. The zero-order valence-electron chi connectivity index (χ0n) is 15.2. The van der Waals surface area contributed by atoms with Gasteiger partial charge in [-0.15, -0.1) is 0 Å². The fourth-order valence-corrected chi connectivity index (χ4v) is 4.40. The number of benzene rings is 1. The molecule has 0 saturated carbocycles. The molecule has 1 aromatic heterocycles. The molecule has 5 atom stereocenters. The number of hydrogen-bond acceptors (Lipinski definition) is 9. The number of alkyl halides is 1. The Kier molecular flexibility index (Phi) is 5.54. The number of ether oxygens (including phenoxy) is 1. The number of fused-ring (bicyclic) bond motifs is 1. The Hall–Kier alpha value is -2.12. The van der Waals surface area contributed by atoms with Gasteiger partial charge in [0, 0.05) is 11.8 Å². The zero-order chi connectivity index (χ0) is 22.6. The van der Waals surface area contributed by atoms with Gasteiger partial charge in [0.1, 0.15) is 35.4 Å². The summed E-state index contributed by atoms with van der Waals surface area (Å²) in [6.45, 7) is -1.59. The number of aromatic amines is 1. The third kappa shape index (κ3) is 4.05. The van der Waals surface area contributed by atoms with Crippen molar-refractivity contribution in [2.45, 2.75) is 30.9 Å². The molecule has 2 aromatic rings. The fourth-order valence-electron chi connectivity index (χ4n) is 3.02. The number of rotatable bonds is 4. The lowest BCUT2D eigenvalue weighted by atomic mass is 10.1. The molecule has 1 unspecified atom stereocenters. The highest BCUT2D eigenvalue weighted by Gasteiger charge is 2.57. The Bertz CT molecular complexity index is 1190. The van der Waals surface area contributed by atoms with Crippen LogP contribution >= 0.6 is 19.4 Å². The van der Waals surface area contributed by atoms with Gasteiger partial charge in [0.2, 0.25) is 0 Å². The summed E-state index contributed by atoms with van der Waals surface area (Å²) >= 11 is 5.64. The standard InChI is InChI=1S/C16H14ClF2N2O9P/c17-9-4-21(15(25)20-13(9)24)14-11(22)12(23)16(19,29-14)6-28-31(26)27-5-7-3-8(18)1-2-10(7)30-31/h1-4,11-12,14,22-23H,5-6H2,(H,20,24,25)/t11-,12+,14-,16-,31?/m1/s1. The van der Waals surface area contributed by atoms with E-state index in [1.807, 2.05) is 4.98 Å². The van der Waals surface area contributed by atoms with Crippen molar-refractivity contribution in [2.75, 3.05) is 6.61 Å². The molecule has 0 bridgehead atoms. The molecule has 1 fully saturated rings. The van der Waals surface area contributed by atoms with Gasteiger partial charge in [-0.3, -0.25) is 23.4 Å². The van der Waals surface area contributed by atoms with Crippen molar-refractivity contribution in [2.24, 2.45) is 0 Å². The van der Waals surface area contributed by atoms with Crippen LogP contribution < -0.4 is 15.8 Å². The largest absolute Gasteiger partial charge is 0.530 e. The molecular weight excluding hydrogens is 469 g/mol. The van der Waals surface area contributed by atoms with Crippen molar-refractivity contribution < 1.29 is 41.9 Å². The van der Waals surface area contributed by atoms with Gasteiger partial charge in [-0.05, 0) is 18.2 Å². The molecule has 168 valence electrons. The van der Waals surface area contributed by atoms with Crippen molar-refractivity contribution in [3.05, 3.63) is 61.6 Å². The molecule has 1 saturated heterocycles. The Morgan fingerprint density at radius 1 is 1.39 bits per heavy atom. The molecule has 4 rings (SSSR count). The minimum Gasteiger partial charge on any atom is -0.404 e. The summed E-state index contributed by atoms with van der Waals surface area (Å²) in [7, 11) is -4.39. The second-order valence-corrected chi connectivity index (χ2v) is 8.71. The van der Waals surface area contributed by atoms with Crippen molar-refractivity contribution >= 4 is 19.4 Å². The molecule has 0 spiro atoms. The first-order chi connectivity index (χ1) is 14.5. The Morgan fingerprint density at radius 2 is 2.13 bits per heavy atom. The van der Waals surface area contributed by atoms with E-state index in [-0.39, 0.29) is 17.9 Å². The van der Waals surface area contributed by atoms with Crippen LogP contribution in [0.25, 0.3) is 0 Å². The Balaban J connectivity index is 1.52. The highest BCUT2D eigenvalue weighted by Crippen LogP contribution is 2.55. The predicted octanol–water partition coefficient (Wildman–Crippen LogP) is 0.979. The van der Waals surface area contributed by atoms with Crippen LogP contribution in [0.2, 0.25) is 5.02 Å². The number of hydrogen-bond donors (Lipinski definition) is 3. The number of aliphatic hydroxyl groups is 2. The second-order valence-electron chi connectivity index (χ2n) is 6.71. The highest BCUT2D eigenvalue weighted by atomic mass is 35.5. The minimum atomic E-state index is -4.39. The molecule has 1 aromatic carbocycles. The summed E-state index contributed by atoms with van der Waals surface area (Å²) in [5.41, 5.74) is -1.77. The molecule has 0 radical (unpaired) electrons. The predicted molar refractivity (Wildman–Crippen MR) is 97.7 cm³/mol. The number of nitrogens with zero attached hydrogens (tertiary/aromatic N) is 1. The molecule has 3 N–H and O–H groups in total. The Morgan fingerprint density at radius 3 is 2.87 bits per heavy atom. The topological polar surface area (TPSA) is 149 Å². The zero-order valence-corrected chi connectivity index (χ0v) is 16.9. The first-order valence-corrected chi connectivity index (χ1v) is 10.5. The van der Waals surface area contributed by atoms with E-state index in [2.05, 4.69) is 0 Å².